The number of rotatable bonds is 6. The molecule has 3 nitrogen and oxygen atoms in total. The Hall–Kier alpha value is -1.79. The predicted octanol–water partition coefficient (Wildman–Crippen LogP) is 5.06. The van der Waals surface area contributed by atoms with E-state index in [0.29, 0.717) is 5.69 Å². The minimum Gasteiger partial charge on any atom is -0.433 e. The van der Waals surface area contributed by atoms with Gasteiger partial charge in [-0.15, -0.1) is 11.8 Å². The van der Waals surface area contributed by atoms with E-state index < -0.39 is 6.61 Å². The van der Waals surface area contributed by atoms with E-state index in [1.165, 1.54) is 30.0 Å². The molecule has 0 aliphatic rings. The lowest BCUT2D eigenvalue weighted by Gasteiger charge is -2.13. The first-order chi connectivity index (χ1) is 11.0. The molecule has 0 aromatic heterocycles. The Labute approximate surface area is 142 Å². The summed E-state index contributed by atoms with van der Waals surface area (Å²) < 4.78 is 28.6. The fourth-order valence-electron chi connectivity index (χ4n) is 1.77. The fraction of sp³-hybridized carbons (Fsp3) is 0.188. The van der Waals surface area contributed by atoms with E-state index >= 15 is 0 Å². The number of anilines is 1. The van der Waals surface area contributed by atoms with Gasteiger partial charge >= 0.3 is 6.61 Å². The molecule has 2 aromatic carbocycles. The molecule has 0 saturated heterocycles. The lowest BCUT2D eigenvalue weighted by atomic mass is 10.3. The molecule has 23 heavy (non-hydrogen) atoms. The molecule has 0 heterocycles. The Kier molecular flexibility index (Phi) is 6.24. The Bertz CT molecular complexity index is 670. The molecule has 0 fully saturated rings. The van der Waals surface area contributed by atoms with Gasteiger partial charge in [-0.1, -0.05) is 29.8 Å². The Morgan fingerprint density at radius 1 is 1.22 bits per heavy atom. The van der Waals surface area contributed by atoms with E-state index in [9.17, 15) is 13.6 Å². The molecule has 1 N–H and O–H groups in total. The first-order valence-corrected chi connectivity index (χ1v) is 7.98. The van der Waals surface area contributed by atoms with Crippen molar-refractivity contribution in [3.8, 4) is 5.75 Å². The Morgan fingerprint density at radius 3 is 2.52 bits per heavy atom. The third kappa shape index (κ3) is 5.41. The van der Waals surface area contributed by atoms with E-state index in [0.717, 1.165) is 4.90 Å². The average molecular weight is 358 g/mol. The summed E-state index contributed by atoms with van der Waals surface area (Å²) in [4.78, 5) is 13.1. The lowest BCUT2D eigenvalue weighted by Crippen LogP contribution is -2.22. The number of benzene rings is 2. The van der Waals surface area contributed by atoms with Crippen LogP contribution < -0.4 is 10.1 Å². The third-order valence-corrected chi connectivity index (χ3v) is 4.25. The van der Waals surface area contributed by atoms with Crippen LogP contribution in [0.3, 0.4) is 0 Å². The van der Waals surface area contributed by atoms with Crippen LogP contribution in [0.4, 0.5) is 14.5 Å². The molecule has 0 bridgehead atoms. The summed E-state index contributed by atoms with van der Waals surface area (Å²) in [5.74, 6) is -0.344. The molecular weight excluding hydrogens is 344 g/mol. The molecule has 0 aliphatic carbocycles. The maximum atomic E-state index is 12.2. The van der Waals surface area contributed by atoms with E-state index in [1.807, 2.05) is 30.3 Å². The topological polar surface area (TPSA) is 38.3 Å². The van der Waals surface area contributed by atoms with E-state index in [2.05, 4.69) is 10.1 Å². The molecule has 0 spiro atoms. The van der Waals surface area contributed by atoms with Gasteiger partial charge in [0.05, 0.1) is 10.3 Å². The summed E-state index contributed by atoms with van der Waals surface area (Å²) in [6, 6.07) is 13.7. The highest BCUT2D eigenvalue weighted by Crippen LogP contribution is 2.30. The van der Waals surface area contributed by atoms with Crippen LogP contribution in [0.2, 0.25) is 5.02 Å². The maximum Gasteiger partial charge on any atom is 0.387 e. The van der Waals surface area contributed by atoms with E-state index in [4.69, 9.17) is 11.6 Å². The van der Waals surface area contributed by atoms with Crippen molar-refractivity contribution in [1.82, 2.24) is 0 Å². The van der Waals surface area contributed by atoms with Gasteiger partial charge in [-0.2, -0.15) is 8.78 Å². The van der Waals surface area contributed by atoms with Crippen LogP contribution in [0.5, 0.6) is 5.75 Å². The van der Waals surface area contributed by atoms with Crippen LogP contribution in [0.1, 0.15) is 6.92 Å². The highest BCUT2D eigenvalue weighted by molar-refractivity contribution is 8.00. The number of carbonyl (C=O) groups is 1. The normalized spacial score (nSPS) is 12.0. The number of hydrogen-bond acceptors (Lipinski definition) is 3. The monoisotopic (exact) mass is 357 g/mol. The second kappa shape index (κ2) is 8.17. The van der Waals surface area contributed by atoms with Gasteiger partial charge in [0.15, 0.2) is 0 Å². The Morgan fingerprint density at radius 2 is 1.91 bits per heavy atom. The summed E-state index contributed by atoms with van der Waals surface area (Å²) in [6.45, 7) is -1.17. The molecule has 1 atom stereocenters. The summed E-state index contributed by atoms with van der Waals surface area (Å²) >= 11 is 7.27. The van der Waals surface area contributed by atoms with Gasteiger partial charge in [0.1, 0.15) is 5.75 Å². The van der Waals surface area contributed by atoms with Gasteiger partial charge in [-0.25, -0.2) is 0 Å². The lowest BCUT2D eigenvalue weighted by molar-refractivity contribution is -0.115. The number of carbonyl (C=O) groups excluding carboxylic acids is 1. The zero-order valence-corrected chi connectivity index (χ0v) is 13.7. The van der Waals surface area contributed by atoms with E-state index in [-0.39, 0.29) is 21.9 Å². The molecular formula is C16H14ClF2NO2S. The molecule has 122 valence electrons. The van der Waals surface area contributed by atoms with Crippen molar-refractivity contribution < 1.29 is 18.3 Å². The SMILES string of the molecule is CC(Sc1ccccc1)C(=O)Nc1ccc(OC(F)F)c(Cl)c1. The van der Waals surface area contributed by atoms with Crippen molar-refractivity contribution in [3.63, 3.8) is 0 Å². The molecule has 0 aliphatic heterocycles. The van der Waals surface area contributed by atoms with Crippen molar-refractivity contribution in [2.24, 2.45) is 0 Å². The minimum atomic E-state index is -2.95. The van der Waals surface area contributed by atoms with Crippen LogP contribution >= 0.6 is 23.4 Å². The Balaban J connectivity index is 1.98. The van der Waals surface area contributed by atoms with Crippen molar-refractivity contribution in [2.75, 3.05) is 5.32 Å². The van der Waals surface area contributed by atoms with Crippen LogP contribution in [0, 0.1) is 0 Å². The minimum absolute atomic E-state index is 0.00599. The zero-order chi connectivity index (χ0) is 16.8. The molecule has 2 aromatic rings. The van der Waals surface area contributed by atoms with Gasteiger partial charge < -0.3 is 10.1 Å². The van der Waals surface area contributed by atoms with Crippen molar-refractivity contribution in [1.29, 1.82) is 0 Å². The van der Waals surface area contributed by atoms with Gasteiger partial charge in [-0.3, -0.25) is 4.79 Å². The van der Waals surface area contributed by atoms with Gasteiger partial charge in [0.2, 0.25) is 5.91 Å². The number of nitrogens with one attached hydrogen (secondary N) is 1. The summed E-state index contributed by atoms with van der Waals surface area (Å²) in [7, 11) is 0. The molecule has 1 unspecified atom stereocenters. The van der Waals surface area contributed by atoms with Gasteiger partial charge in [-0.05, 0) is 37.3 Å². The molecule has 0 radical (unpaired) electrons. The fourth-order valence-corrected chi connectivity index (χ4v) is 2.88. The first-order valence-electron chi connectivity index (χ1n) is 6.72. The molecule has 7 heteroatoms. The van der Waals surface area contributed by atoms with Crippen molar-refractivity contribution in [2.45, 2.75) is 23.7 Å². The number of hydrogen-bond donors (Lipinski definition) is 1. The quantitative estimate of drug-likeness (QED) is 0.734. The highest BCUT2D eigenvalue weighted by atomic mass is 35.5. The van der Waals surface area contributed by atoms with Crippen molar-refractivity contribution in [3.05, 3.63) is 53.6 Å². The number of thioether (sulfide) groups is 1. The number of ether oxygens (including phenoxy) is 1. The van der Waals surface area contributed by atoms with Crippen molar-refractivity contribution >= 4 is 35.0 Å². The number of amides is 1. The summed E-state index contributed by atoms with van der Waals surface area (Å²) in [5, 5.41) is 2.38. The summed E-state index contributed by atoms with van der Waals surface area (Å²) in [5.41, 5.74) is 0.419. The first kappa shape index (κ1) is 17.6. The zero-order valence-electron chi connectivity index (χ0n) is 12.1. The third-order valence-electron chi connectivity index (χ3n) is 2.84. The van der Waals surface area contributed by atoms with E-state index in [1.54, 1.807) is 6.92 Å². The maximum absolute atomic E-state index is 12.2. The van der Waals surface area contributed by atoms with Crippen LogP contribution in [-0.4, -0.2) is 17.8 Å². The van der Waals surface area contributed by atoms with Crippen LogP contribution in [0.25, 0.3) is 0 Å². The average Bonchev–Trinajstić information content (AvgIpc) is 2.50. The predicted molar refractivity (Wildman–Crippen MR) is 88.5 cm³/mol. The van der Waals surface area contributed by atoms with Crippen LogP contribution in [0.15, 0.2) is 53.4 Å². The number of alkyl halides is 2. The highest BCUT2D eigenvalue weighted by Gasteiger charge is 2.15. The van der Waals surface area contributed by atoms with Gasteiger partial charge in [0.25, 0.3) is 0 Å². The second-order valence-electron chi connectivity index (χ2n) is 4.59. The summed E-state index contributed by atoms with van der Waals surface area (Å²) in [6.07, 6.45) is 0. The second-order valence-corrected chi connectivity index (χ2v) is 6.41. The van der Waals surface area contributed by atoms with Crippen LogP contribution in [-0.2, 0) is 4.79 Å². The molecule has 1 amide bonds. The number of halogens is 3. The molecule has 0 saturated carbocycles. The smallest absolute Gasteiger partial charge is 0.387 e. The molecule has 2 rings (SSSR count). The largest absolute Gasteiger partial charge is 0.433 e. The van der Waals surface area contributed by atoms with Gasteiger partial charge in [0, 0.05) is 10.6 Å². The standard InChI is InChI=1S/C16H14ClF2NO2S/c1-10(23-12-5-3-2-4-6-12)15(21)20-11-7-8-14(13(17)9-11)22-16(18)19/h2-10,16H,1H3,(H,20,21).